The Hall–Kier alpha value is -1.72. The lowest BCUT2D eigenvalue weighted by Crippen LogP contribution is -2.58. The summed E-state index contributed by atoms with van der Waals surface area (Å²) in [6.07, 6.45) is 9.94. The Labute approximate surface area is 161 Å². The highest BCUT2D eigenvalue weighted by molar-refractivity contribution is 5.94. The number of allylic oxidation sites excluding steroid dienone is 2. The van der Waals surface area contributed by atoms with E-state index in [-0.39, 0.29) is 17.1 Å². The van der Waals surface area contributed by atoms with Crippen LogP contribution in [0.1, 0.15) is 42.5 Å². The molecule has 0 radical (unpaired) electrons. The number of hydrogen-bond donors (Lipinski definition) is 0. The third kappa shape index (κ3) is 4.25. The molecule has 4 nitrogen and oxygen atoms in total. The van der Waals surface area contributed by atoms with Gasteiger partial charge in [0.25, 0.3) is 5.91 Å². The molecule has 3 aliphatic rings. The number of piperidine rings is 1. The molecule has 2 saturated heterocycles. The third-order valence-corrected chi connectivity index (χ3v) is 6.29. The van der Waals surface area contributed by atoms with Crippen LogP contribution in [0.25, 0.3) is 0 Å². The van der Waals surface area contributed by atoms with E-state index in [0.717, 1.165) is 45.0 Å². The number of likely N-dealkylation sites (tertiary alicyclic amines) is 1. The molecular formula is C22H29FN2O2. The maximum absolute atomic E-state index is 13.9. The molecule has 1 spiro atoms. The van der Waals surface area contributed by atoms with Gasteiger partial charge < -0.3 is 9.64 Å². The summed E-state index contributed by atoms with van der Waals surface area (Å²) in [7, 11) is 0. The van der Waals surface area contributed by atoms with Crippen LogP contribution < -0.4 is 0 Å². The second-order valence-corrected chi connectivity index (χ2v) is 8.19. The number of carbonyl (C=O) groups excluding carboxylic acids is 1. The van der Waals surface area contributed by atoms with Gasteiger partial charge in [0.15, 0.2) is 0 Å². The van der Waals surface area contributed by atoms with Crippen molar-refractivity contribution in [3.63, 3.8) is 0 Å². The van der Waals surface area contributed by atoms with Gasteiger partial charge in [0.05, 0.1) is 17.8 Å². The summed E-state index contributed by atoms with van der Waals surface area (Å²) in [5.74, 6) is 0.113. The Morgan fingerprint density at radius 2 is 2.00 bits per heavy atom. The average Bonchev–Trinajstić information content (AvgIpc) is 2.69. The van der Waals surface area contributed by atoms with Crippen molar-refractivity contribution in [1.29, 1.82) is 0 Å². The van der Waals surface area contributed by atoms with Crippen LogP contribution in [-0.2, 0) is 4.74 Å². The molecule has 0 saturated carbocycles. The fraction of sp³-hybridized carbons (Fsp3) is 0.591. The summed E-state index contributed by atoms with van der Waals surface area (Å²) in [6.45, 7) is 5.13. The number of nitrogens with zero attached hydrogens (tertiary/aromatic N) is 2. The number of halogens is 1. The van der Waals surface area contributed by atoms with Crippen molar-refractivity contribution in [2.24, 2.45) is 5.92 Å². The topological polar surface area (TPSA) is 32.8 Å². The number of carbonyl (C=O) groups is 1. The SMILES string of the molecule is O=C(c1ccccc1F)N1CCC2(CC1)CN(CC1CC=CCC1)CCO2. The van der Waals surface area contributed by atoms with E-state index in [0.29, 0.717) is 13.1 Å². The average molecular weight is 372 g/mol. The Balaban J connectivity index is 1.34. The van der Waals surface area contributed by atoms with E-state index in [2.05, 4.69) is 17.1 Å². The summed E-state index contributed by atoms with van der Waals surface area (Å²) in [5, 5.41) is 0. The van der Waals surface area contributed by atoms with Gasteiger partial charge in [0, 0.05) is 32.7 Å². The molecule has 2 fully saturated rings. The van der Waals surface area contributed by atoms with E-state index in [1.54, 1.807) is 23.1 Å². The molecule has 2 aliphatic heterocycles. The molecule has 4 rings (SSSR count). The molecule has 1 unspecified atom stereocenters. The predicted octanol–water partition coefficient (Wildman–Crippen LogP) is 3.49. The fourth-order valence-electron chi connectivity index (χ4n) is 4.69. The highest BCUT2D eigenvalue weighted by Crippen LogP contribution is 2.32. The summed E-state index contributed by atoms with van der Waals surface area (Å²) in [6, 6.07) is 6.24. The fourth-order valence-corrected chi connectivity index (χ4v) is 4.69. The highest BCUT2D eigenvalue weighted by Gasteiger charge is 2.41. The van der Waals surface area contributed by atoms with E-state index in [1.807, 2.05) is 0 Å². The maximum Gasteiger partial charge on any atom is 0.256 e. The normalized spacial score (nSPS) is 25.7. The van der Waals surface area contributed by atoms with Crippen molar-refractivity contribution in [1.82, 2.24) is 9.80 Å². The Bertz CT molecular complexity index is 697. The molecule has 0 bridgehead atoms. The monoisotopic (exact) mass is 372 g/mol. The highest BCUT2D eigenvalue weighted by atomic mass is 19.1. The van der Waals surface area contributed by atoms with E-state index in [9.17, 15) is 9.18 Å². The minimum absolute atomic E-state index is 0.144. The molecule has 0 aromatic heterocycles. The summed E-state index contributed by atoms with van der Waals surface area (Å²) in [5.41, 5.74) is 0.0272. The second kappa shape index (κ2) is 8.11. The van der Waals surface area contributed by atoms with Crippen LogP contribution in [0.5, 0.6) is 0 Å². The standard InChI is InChI=1S/C22H29FN2O2/c23-20-9-5-4-8-19(20)21(26)25-12-10-22(11-13-25)17-24(14-15-27-22)16-18-6-2-1-3-7-18/h1-2,4-5,8-9,18H,3,6-7,10-17H2. The molecule has 2 heterocycles. The first-order chi connectivity index (χ1) is 13.2. The van der Waals surface area contributed by atoms with Crippen LogP contribution in [0.3, 0.4) is 0 Å². The van der Waals surface area contributed by atoms with Crippen molar-refractivity contribution in [3.05, 3.63) is 47.8 Å². The van der Waals surface area contributed by atoms with Crippen molar-refractivity contribution >= 4 is 5.91 Å². The number of amides is 1. The first kappa shape index (κ1) is 18.6. The minimum atomic E-state index is -0.440. The molecule has 1 amide bonds. The second-order valence-electron chi connectivity index (χ2n) is 8.19. The molecule has 1 aliphatic carbocycles. The molecular weight excluding hydrogens is 343 g/mol. The molecule has 1 aromatic rings. The summed E-state index contributed by atoms with van der Waals surface area (Å²) < 4.78 is 20.1. The van der Waals surface area contributed by atoms with E-state index >= 15 is 0 Å². The number of ether oxygens (including phenoxy) is 1. The Morgan fingerprint density at radius 1 is 1.19 bits per heavy atom. The molecule has 146 valence electrons. The lowest BCUT2D eigenvalue weighted by Gasteiger charge is -2.48. The number of rotatable bonds is 3. The van der Waals surface area contributed by atoms with Crippen molar-refractivity contribution < 1.29 is 13.9 Å². The molecule has 1 aromatic carbocycles. The zero-order chi connectivity index (χ0) is 18.7. The van der Waals surface area contributed by atoms with Crippen molar-refractivity contribution in [2.45, 2.75) is 37.7 Å². The van der Waals surface area contributed by atoms with Gasteiger partial charge in [-0.05, 0) is 50.2 Å². The number of benzene rings is 1. The minimum Gasteiger partial charge on any atom is -0.372 e. The Morgan fingerprint density at radius 3 is 2.74 bits per heavy atom. The zero-order valence-electron chi connectivity index (χ0n) is 15.9. The van der Waals surface area contributed by atoms with Gasteiger partial charge in [-0.2, -0.15) is 0 Å². The Kier molecular flexibility index (Phi) is 5.60. The molecule has 27 heavy (non-hydrogen) atoms. The van der Waals surface area contributed by atoms with Crippen LogP contribution >= 0.6 is 0 Å². The molecule has 1 atom stereocenters. The first-order valence-corrected chi connectivity index (χ1v) is 10.2. The van der Waals surface area contributed by atoms with Crippen LogP contribution in [0, 0.1) is 11.7 Å². The molecule has 0 N–H and O–H groups in total. The molecule has 5 heteroatoms. The third-order valence-electron chi connectivity index (χ3n) is 6.29. The lowest BCUT2D eigenvalue weighted by atomic mass is 9.87. The van der Waals surface area contributed by atoms with Crippen LogP contribution in [0.2, 0.25) is 0 Å². The van der Waals surface area contributed by atoms with Gasteiger partial charge in [-0.25, -0.2) is 4.39 Å². The van der Waals surface area contributed by atoms with Crippen LogP contribution in [0.4, 0.5) is 4.39 Å². The summed E-state index contributed by atoms with van der Waals surface area (Å²) in [4.78, 5) is 17.0. The van der Waals surface area contributed by atoms with E-state index in [4.69, 9.17) is 4.74 Å². The van der Waals surface area contributed by atoms with Gasteiger partial charge in [0.1, 0.15) is 5.82 Å². The smallest absolute Gasteiger partial charge is 0.256 e. The van der Waals surface area contributed by atoms with E-state index in [1.165, 1.54) is 25.3 Å². The van der Waals surface area contributed by atoms with Gasteiger partial charge in [0.2, 0.25) is 0 Å². The number of hydrogen-bond acceptors (Lipinski definition) is 3. The number of morpholine rings is 1. The maximum atomic E-state index is 13.9. The quantitative estimate of drug-likeness (QED) is 0.762. The van der Waals surface area contributed by atoms with Gasteiger partial charge in [-0.3, -0.25) is 9.69 Å². The first-order valence-electron chi connectivity index (χ1n) is 10.2. The van der Waals surface area contributed by atoms with Gasteiger partial charge in [-0.15, -0.1) is 0 Å². The van der Waals surface area contributed by atoms with Crippen molar-refractivity contribution in [3.8, 4) is 0 Å². The summed E-state index contributed by atoms with van der Waals surface area (Å²) >= 11 is 0. The van der Waals surface area contributed by atoms with E-state index < -0.39 is 5.82 Å². The van der Waals surface area contributed by atoms with Crippen molar-refractivity contribution in [2.75, 3.05) is 39.3 Å². The zero-order valence-corrected chi connectivity index (χ0v) is 15.9. The largest absolute Gasteiger partial charge is 0.372 e. The van der Waals surface area contributed by atoms with Crippen LogP contribution in [-0.4, -0.2) is 60.6 Å². The lowest BCUT2D eigenvalue weighted by molar-refractivity contribution is -0.134. The van der Waals surface area contributed by atoms with Gasteiger partial charge >= 0.3 is 0 Å². The predicted molar refractivity (Wildman–Crippen MR) is 103 cm³/mol. The van der Waals surface area contributed by atoms with Gasteiger partial charge in [-0.1, -0.05) is 24.3 Å². The van der Waals surface area contributed by atoms with Crippen LogP contribution in [0.15, 0.2) is 36.4 Å².